The molecule has 0 fully saturated rings. The smallest absolute Gasteiger partial charge is 0.254 e. The molecule has 1 heterocycles. The third-order valence-corrected chi connectivity index (χ3v) is 4.79. The van der Waals surface area contributed by atoms with Crippen molar-refractivity contribution in [3.05, 3.63) is 89.2 Å². The van der Waals surface area contributed by atoms with E-state index in [0.717, 1.165) is 12.0 Å². The van der Waals surface area contributed by atoms with E-state index in [9.17, 15) is 9.90 Å². The van der Waals surface area contributed by atoms with Crippen LogP contribution in [0.25, 0.3) is 11.1 Å². The van der Waals surface area contributed by atoms with Gasteiger partial charge in [-0.3, -0.25) is 9.78 Å². The Kier molecular flexibility index (Phi) is 4.50. The predicted molar refractivity (Wildman–Crippen MR) is 101 cm³/mol. The number of fused-ring (bicyclic) bond motifs is 3. The Morgan fingerprint density at radius 1 is 1.04 bits per heavy atom. The Labute approximate surface area is 152 Å². The minimum absolute atomic E-state index is 0.0671. The molecule has 1 aliphatic carbocycles. The fourth-order valence-corrected chi connectivity index (χ4v) is 3.55. The lowest BCUT2D eigenvalue weighted by Crippen LogP contribution is -2.33. The Morgan fingerprint density at radius 3 is 2.69 bits per heavy atom. The van der Waals surface area contributed by atoms with Crippen LogP contribution in [-0.4, -0.2) is 34.0 Å². The van der Waals surface area contributed by atoms with Crippen molar-refractivity contribution < 1.29 is 9.90 Å². The zero-order chi connectivity index (χ0) is 17.9. The van der Waals surface area contributed by atoms with Crippen molar-refractivity contribution in [2.24, 2.45) is 0 Å². The van der Waals surface area contributed by atoms with Crippen LogP contribution in [0.2, 0.25) is 0 Å². The zero-order valence-corrected chi connectivity index (χ0v) is 14.4. The first-order valence-corrected chi connectivity index (χ1v) is 8.76. The van der Waals surface area contributed by atoms with E-state index in [2.05, 4.69) is 17.1 Å². The topological polar surface area (TPSA) is 53.4 Å². The van der Waals surface area contributed by atoms with Gasteiger partial charge >= 0.3 is 0 Å². The van der Waals surface area contributed by atoms with Crippen LogP contribution in [0.15, 0.2) is 67.0 Å². The number of aromatic nitrogens is 1. The van der Waals surface area contributed by atoms with Gasteiger partial charge in [0.25, 0.3) is 5.91 Å². The lowest BCUT2D eigenvalue weighted by atomic mass is 10.0. The van der Waals surface area contributed by atoms with Gasteiger partial charge in [0.05, 0.1) is 6.61 Å². The first kappa shape index (κ1) is 16.5. The second-order valence-corrected chi connectivity index (χ2v) is 6.52. The third-order valence-electron chi connectivity index (χ3n) is 4.79. The van der Waals surface area contributed by atoms with Crippen LogP contribution in [0.3, 0.4) is 0 Å². The van der Waals surface area contributed by atoms with Crippen LogP contribution in [0.4, 0.5) is 0 Å². The summed E-state index contributed by atoms with van der Waals surface area (Å²) in [6.45, 7) is 0.665. The first-order chi connectivity index (χ1) is 12.8. The third kappa shape index (κ3) is 3.11. The van der Waals surface area contributed by atoms with Gasteiger partial charge < -0.3 is 10.0 Å². The summed E-state index contributed by atoms with van der Waals surface area (Å²) in [6, 6.07) is 18.1. The molecule has 0 saturated carbocycles. The lowest BCUT2D eigenvalue weighted by Gasteiger charge is -2.22. The minimum atomic E-state index is -0.0679. The first-order valence-electron chi connectivity index (χ1n) is 8.76. The second-order valence-electron chi connectivity index (χ2n) is 6.52. The second kappa shape index (κ2) is 7.10. The lowest BCUT2D eigenvalue weighted by molar-refractivity contribution is 0.0707. The highest BCUT2D eigenvalue weighted by Crippen LogP contribution is 2.36. The molecule has 2 aromatic carbocycles. The van der Waals surface area contributed by atoms with Crippen molar-refractivity contribution in [1.82, 2.24) is 9.88 Å². The number of rotatable bonds is 5. The van der Waals surface area contributed by atoms with E-state index >= 15 is 0 Å². The number of carbonyl (C=O) groups excluding carboxylic acids is 1. The largest absolute Gasteiger partial charge is 0.395 e. The van der Waals surface area contributed by atoms with Crippen LogP contribution in [0.5, 0.6) is 0 Å². The average Bonchev–Trinajstić information content (AvgIpc) is 3.05. The van der Waals surface area contributed by atoms with E-state index in [1.807, 2.05) is 42.5 Å². The maximum Gasteiger partial charge on any atom is 0.254 e. The molecule has 130 valence electrons. The highest BCUT2D eigenvalue weighted by molar-refractivity contribution is 5.95. The quantitative estimate of drug-likeness (QED) is 0.604. The normalized spacial score (nSPS) is 11.7. The van der Waals surface area contributed by atoms with Crippen molar-refractivity contribution in [2.45, 2.75) is 13.0 Å². The molecule has 0 atom stereocenters. The van der Waals surface area contributed by atoms with Crippen LogP contribution in [0, 0.1) is 0 Å². The number of hydrogen-bond acceptors (Lipinski definition) is 3. The molecular weight excluding hydrogens is 324 g/mol. The summed E-state index contributed by atoms with van der Waals surface area (Å²) in [6.07, 6.45) is 4.31. The molecule has 3 aromatic rings. The van der Waals surface area contributed by atoms with Crippen LogP contribution < -0.4 is 0 Å². The van der Waals surface area contributed by atoms with Gasteiger partial charge in [-0.1, -0.05) is 36.4 Å². The molecule has 4 rings (SSSR count). The minimum Gasteiger partial charge on any atom is -0.395 e. The molecule has 4 heteroatoms. The molecule has 0 radical (unpaired) electrons. The van der Waals surface area contributed by atoms with Gasteiger partial charge in [0.1, 0.15) is 0 Å². The molecule has 0 saturated heterocycles. The maximum atomic E-state index is 13.0. The predicted octanol–water partition coefficient (Wildman–Crippen LogP) is 3.29. The van der Waals surface area contributed by atoms with Gasteiger partial charge in [-0.15, -0.1) is 0 Å². The summed E-state index contributed by atoms with van der Waals surface area (Å²) < 4.78 is 0. The number of aliphatic hydroxyl groups excluding tert-OH is 1. The molecule has 0 bridgehead atoms. The van der Waals surface area contributed by atoms with E-state index in [1.54, 1.807) is 17.3 Å². The van der Waals surface area contributed by atoms with Crippen molar-refractivity contribution >= 4 is 5.91 Å². The number of nitrogens with zero attached hydrogens (tertiary/aromatic N) is 2. The van der Waals surface area contributed by atoms with Gasteiger partial charge in [0.2, 0.25) is 0 Å². The molecule has 26 heavy (non-hydrogen) atoms. The molecule has 1 N–H and O–H groups in total. The van der Waals surface area contributed by atoms with Crippen molar-refractivity contribution in [3.8, 4) is 11.1 Å². The van der Waals surface area contributed by atoms with Gasteiger partial charge in [-0.05, 0) is 52.4 Å². The van der Waals surface area contributed by atoms with E-state index < -0.39 is 0 Å². The van der Waals surface area contributed by atoms with Crippen molar-refractivity contribution in [1.29, 1.82) is 0 Å². The van der Waals surface area contributed by atoms with Crippen LogP contribution in [-0.2, 0) is 13.0 Å². The fraction of sp³-hybridized carbons (Fsp3) is 0.182. The summed E-state index contributed by atoms with van der Waals surface area (Å²) in [7, 11) is 0. The molecular formula is C22H20N2O2. The van der Waals surface area contributed by atoms with Crippen molar-refractivity contribution in [3.63, 3.8) is 0 Å². The number of carbonyl (C=O) groups is 1. The monoisotopic (exact) mass is 344 g/mol. The molecule has 4 nitrogen and oxygen atoms in total. The SMILES string of the molecule is O=C(c1ccc2c(c1)Cc1ccccc1-2)N(CCO)Cc1cccnc1. The molecule has 0 unspecified atom stereocenters. The Morgan fingerprint density at radius 2 is 1.88 bits per heavy atom. The van der Waals surface area contributed by atoms with E-state index in [-0.39, 0.29) is 12.5 Å². The Bertz CT molecular complexity index is 938. The number of benzene rings is 2. The number of aliphatic hydroxyl groups is 1. The van der Waals surface area contributed by atoms with Gasteiger partial charge in [-0.25, -0.2) is 0 Å². The molecule has 1 amide bonds. The van der Waals surface area contributed by atoms with Crippen LogP contribution in [0.1, 0.15) is 27.0 Å². The van der Waals surface area contributed by atoms with Gasteiger partial charge in [0.15, 0.2) is 0 Å². The summed E-state index contributed by atoms with van der Waals surface area (Å²) in [5.74, 6) is -0.0679. The zero-order valence-electron chi connectivity index (χ0n) is 14.4. The maximum absolute atomic E-state index is 13.0. The van der Waals surface area contributed by atoms with Crippen LogP contribution >= 0.6 is 0 Å². The molecule has 0 spiro atoms. The highest BCUT2D eigenvalue weighted by Gasteiger charge is 2.21. The van der Waals surface area contributed by atoms with Crippen molar-refractivity contribution in [2.75, 3.05) is 13.2 Å². The molecule has 0 aliphatic heterocycles. The fourth-order valence-electron chi connectivity index (χ4n) is 3.55. The molecule has 1 aromatic heterocycles. The molecule has 1 aliphatic rings. The number of pyridine rings is 1. The number of amides is 1. The summed E-state index contributed by atoms with van der Waals surface area (Å²) in [5.41, 5.74) is 6.55. The Balaban J connectivity index is 1.60. The van der Waals surface area contributed by atoms with Gasteiger partial charge in [-0.2, -0.15) is 0 Å². The van der Waals surface area contributed by atoms with Gasteiger partial charge in [0, 0.05) is 31.0 Å². The summed E-state index contributed by atoms with van der Waals surface area (Å²) in [5, 5.41) is 9.37. The van der Waals surface area contributed by atoms with E-state index in [1.165, 1.54) is 22.3 Å². The summed E-state index contributed by atoms with van der Waals surface area (Å²) in [4.78, 5) is 18.8. The standard InChI is InChI=1S/C22H20N2O2/c25-11-10-24(15-16-4-3-9-23-14-16)22(26)18-7-8-21-19(13-18)12-17-5-1-2-6-20(17)21/h1-9,13-14,25H,10-12,15H2. The highest BCUT2D eigenvalue weighted by atomic mass is 16.3. The average molecular weight is 344 g/mol. The number of hydrogen-bond donors (Lipinski definition) is 1. The summed E-state index contributed by atoms with van der Waals surface area (Å²) >= 11 is 0. The Hall–Kier alpha value is -2.98. The van der Waals surface area contributed by atoms with E-state index in [4.69, 9.17) is 0 Å². The van der Waals surface area contributed by atoms with E-state index in [0.29, 0.717) is 18.7 Å².